The molecule has 0 fully saturated rings. The van der Waals surface area contributed by atoms with Crippen molar-refractivity contribution >= 4 is 10.9 Å². The van der Waals surface area contributed by atoms with Crippen molar-refractivity contribution in [2.45, 2.75) is 13.8 Å². The number of hydrogen-bond donors (Lipinski definition) is 1. The number of nitrogens with one attached hydrogen (secondary N) is 1. The quantitative estimate of drug-likeness (QED) is 0.606. The van der Waals surface area contributed by atoms with Crippen molar-refractivity contribution in [3.05, 3.63) is 29.7 Å². The third-order valence-electron chi connectivity index (χ3n) is 1.87. The summed E-state index contributed by atoms with van der Waals surface area (Å²) in [4.78, 5) is 7.52. The van der Waals surface area contributed by atoms with Gasteiger partial charge in [0.15, 0.2) is 0 Å². The molecule has 0 radical (unpaired) electrons. The second-order valence-corrected chi connectivity index (χ2v) is 2.79. The number of aryl methyl sites for hydroxylation is 2. The maximum Gasteiger partial charge on any atom is 0.0490 e. The topological polar surface area (TPSA) is 28.7 Å². The summed E-state index contributed by atoms with van der Waals surface area (Å²) in [6.45, 7) is 4.04. The molecule has 2 heterocycles. The van der Waals surface area contributed by atoms with E-state index in [2.05, 4.69) is 22.1 Å². The molecule has 0 aliphatic heterocycles. The summed E-state index contributed by atoms with van der Waals surface area (Å²) in [5.74, 6) is 0. The highest BCUT2D eigenvalue weighted by Crippen LogP contribution is 2.15. The van der Waals surface area contributed by atoms with Crippen LogP contribution in [0, 0.1) is 13.8 Å². The van der Waals surface area contributed by atoms with Crippen molar-refractivity contribution in [3.8, 4) is 0 Å². The van der Waals surface area contributed by atoms with Gasteiger partial charge in [-0.25, -0.2) is 0 Å². The van der Waals surface area contributed by atoms with Crippen molar-refractivity contribution in [1.29, 1.82) is 0 Å². The zero-order valence-electron chi connectivity index (χ0n) is 6.68. The highest BCUT2D eigenvalue weighted by molar-refractivity contribution is 5.81. The number of pyridine rings is 1. The highest BCUT2D eigenvalue weighted by atomic mass is 14.7. The van der Waals surface area contributed by atoms with E-state index in [0.717, 1.165) is 11.4 Å². The van der Waals surface area contributed by atoms with Crippen LogP contribution in [0.5, 0.6) is 0 Å². The van der Waals surface area contributed by atoms with Gasteiger partial charge >= 0.3 is 0 Å². The van der Waals surface area contributed by atoms with Gasteiger partial charge in [0.2, 0.25) is 0 Å². The normalized spacial score (nSPS) is 10.7. The van der Waals surface area contributed by atoms with E-state index in [1.165, 1.54) is 10.9 Å². The van der Waals surface area contributed by atoms with Gasteiger partial charge in [0.05, 0.1) is 0 Å². The first-order valence-electron chi connectivity index (χ1n) is 3.69. The van der Waals surface area contributed by atoms with Crippen molar-refractivity contribution in [2.24, 2.45) is 0 Å². The second kappa shape index (κ2) is 2.09. The Labute approximate surface area is 65.3 Å². The van der Waals surface area contributed by atoms with E-state index >= 15 is 0 Å². The number of H-pyrrole nitrogens is 1. The zero-order valence-corrected chi connectivity index (χ0v) is 6.68. The third kappa shape index (κ3) is 0.909. The maximum absolute atomic E-state index is 4.35. The molecule has 0 bridgehead atoms. The van der Waals surface area contributed by atoms with Crippen LogP contribution in [0.25, 0.3) is 10.9 Å². The van der Waals surface area contributed by atoms with E-state index in [-0.39, 0.29) is 0 Å². The molecule has 0 aliphatic carbocycles. The molecule has 0 atom stereocenters. The fourth-order valence-corrected chi connectivity index (χ4v) is 1.38. The van der Waals surface area contributed by atoms with Crippen molar-refractivity contribution < 1.29 is 0 Å². The zero-order chi connectivity index (χ0) is 7.84. The second-order valence-electron chi connectivity index (χ2n) is 2.79. The van der Waals surface area contributed by atoms with Gasteiger partial charge in [0.25, 0.3) is 0 Å². The lowest BCUT2D eigenvalue weighted by molar-refractivity contribution is 1.15. The highest BCUT2D eigenvalue weighted by Gasteiger charge is 1.98. The summed E-state index contributed by atoms with van der Waals surface area (Å²) in [5, 5.41) is 1.22. The largest absolute Gasteiger partial charge is 0.361 e. The molecule has 0 aliphatic rings. The van der Waals surface area contributed by atoms with Crippen molar-refractivity contribution in [2.75, 3.05) is 0 Å². The minimum atomic E-state index is 1.07. The molecule has 0 saturated heterocycles. The average Bonchev–Trinajstić information content (AvgIpc) is 2.34. The van der Waals surface area contributed by atoms with Crippen LogP contribution < -0.4 is 0 Å². The van der Waals surface area contributed by atoms with Gasteiger partial charge in [0.1, 0.15) is 0 Å². The first kappa shape index (κ1) is 6.40. The summed E-state index contributed by atoms with van der Waals surface area (Å²) >= 11 is 0. The summed E-state index contributed by atoms with van der Waals surface area (Å²) < 4.78 is 0. The molecule has 0 spiro atoms. The summed E-state index contributed by atoms with van der Waals surface area (Å²) in [5.41, 5.74) is 3.34. The summed E-state index contributed by atoms with van der Waals surface area (Å²) in [6.07, 6.45) is 1.94. The van der Waals surface area contributed by atoms with Gasteiger partial charge in [-0.05, 0) is 26.0 Å². The Morgan fingerprint density at radius 1 is 1.36 bits per heavy atom. The van der Waals surface area contributed by atoms with Crippen LogP contribution in [0.3, 0.4) is 0 Å². The molecule has 0 saturated carbocycles. The van der Waals surface area contributed by atoms with Crippen LogP contribution in [0.4, 0.5) is 0 Å². The van der Waals surface area contributed by atoms with Gasteiger partial charge in [-0.15, -0.1) is 0 Å². The number of nitrogens with zero attached hydrogens (tertiary/aromatic N) is 1. The van der Waals surface area contributed by atoms with E-state index in [1.54, 1.807) is 0 Å². The maximum atomic E-state index is 4.35. The number of hydrogen-bond acceptors (Lipinski definition) is 1. The molecule has 2 heteroatoms. The Kier molecular flexibility index (Phi) is 1.22. The fraction of sp³-hybridized carbons (Fsp3) is 0.222. The Bertz CT molecular complexity index is 387. The molecule has 2 aromatic rings. The monoisotopic (exact) mass is 146 g/mol. The van der Waals surface area contributed by atoms with Crippen LogP contribution in [0.15, 0.2) is 18.3 Å². The standard InChI is InChI=1S/C9H10N2/c1-6-5-9-8(3-4-10-9)7(2)11-6/h3-5,10H,1-2H3. The molecular weight excluding hydrogens is 136 g/mol. The van der Waals surface area contributed by atoms with Gasteiger partial charge < -0.3 is 4.98 Å². The minimum Gasteiger partial charge on any atom is -0.361 e. The van der Waals surface area contributed by atoms with Crippen molar-refractivity contribution in [3.63, 3.8) is 0 Å². The van der Waals surface area contributed by atoms with E-state index in [1.807, 2.05) is 20.0 Å². The molecule has 0 unspecified atom stereocenters. The van der Waals surface area contributed by atoms with E-state index in [4.69, 9.17) is 0 Å². The Morgan fingerprint density at radius 2 is 2.18 bits per heavy atom. The molecule has 0 amide bonds. The van der Waals surface area contributed by atoms with Crippen molar-refractivity contribution in [1.82, 2.24) is 9.97 Å². The molecular formula is C9H10N2. The molecule has 2 nitrogen and oxygen atoms in total. The first-order valence-corrected chi connectivity index (χ1v) is 3.69. The van der Waals surface area contributed by atoms with E-state index < -0.39 is 0 Å². The van der Waals surface area contributed by atoms with Crippen LogP contribution in [-0.2, 0) is 0 Å². The number of fused-ring (bicyclic) bond motifs is 1. The predicted molar refractivity (Wildman–Crippen MR) is 45.6 cm³/mol. The fourth-order valence-electron chi connectivity index (χ4n) is 1.38. The third-order valence-corrected chi connectivity index (χ3v) is 1.87. The molecule has 1 N–H and O–H groups in total. The van der Waals surface area contributed by atoms with Gasteiger partial charge in [-0.3, -0.25) is 4.98 Å². The lowest BCUT2D eigenvalue weighted by Crippen LogP contribution is -1.85. The van der Waals surface area contributed by atoms with Gasteiger partial charge in [0, 0.05) is 28.5 Å². The van der Waals surface area contributed by atoms with Crippen LogP contribution in [0.1, 0.15) is 11.4 Å². The summed E-state index contributed by atoms with van der Waals surface area (Å²) in [7, 11) is 0. The van der Waals surface area contributed by atoms with Crippen LogP contribution in [-0.4, -0.2) is 9.97 Å². The SMILES string of the molecule is Cc1cc2[nH]ccc2c(C)n1. The average molecular weight is 146 g/mol. The predicted octanol–water partition coefficient (Wildman–Crippen LogP) is 2.18. The smallest absolute Gasteiger partial charge is 0.0490 e. The Hall–Kier alpha value is -1.31. The van der Waals surface area contributed by atoms with Crippen LogP contribution in [0.2, 0.25) is 0 Å². The van der Waals surface area contributed by atoms with Gasteiger partial charge in [-0.1, -0.05) is 0 Å². The molecule has 2 aromatic heterocycles. The Balaban J connectivity index is 2.91. The molecule has 11 heavy (non-hydrogen) atoms. The van der Waals surface area contributed by atoms with E-state index in [0.29, 0.717) is 0 Å². The lowest BCUT2D eigenvalue weighted by Gasteiger charge is -1.96. The molecule has 2 rings (SSSR count). The summed E-state index contributed by atoms with van der Waals surface area (Å²) in [6, 6.07) is 4.11. The number of aromatic nitrogens is 2. The van der Waals surface area contributed by atoms with Gasteiger partial charge in [-0.2, -0.15) is 0 Å². The van der Waals surface area contributed by atoms with Crippen LogP contribution >= 0.6 is 0 Å². The first-order chi connectivity index (χ1) is 5.27. The number of aromatic amines is 1. The molecule has 56 valence electrons. The minimum absolute atomic E-state index is 1.07. The lowest BCUT2D eigenvalue weighted by atomic mass is 10.2. The Morgan fingerprint density at radius 3 is 3.00 bits per heavy atom. The van der Waals surface area contributed by atoms with E-state index in [9.17, 15) is 0 Å². The molecule has 0 aromatic carbocycles. The number of rotatable bonds is 0.